The Morgan fingerprint density at radius 3 is 2.85 bits per heavy atom. The normalized spacial score (nSPS) is 18.8. The molecule has 1 aliphatic heterocycles. The van der Waals surface area contributed by atoms with Crippen molar-refractivity contribution in [3.63, 3.8) is 0 Å². The van der Waals surface area contributed by atoms with Crippen LogP contribution in [0.2, 0.25) is 0 Å². The Balaban J connectivity index is 1.68. The SMILES string of the molecule is COc1ccc2c(c1)CCN2C(=O)NC1CCCCC1. The molecule has 0 radical (unpaired) electrons. The minimum Gasteiger partial charge on any atom is -0.497 e. The average molecular weight is 274 g/mol. The summed E-state index contributed by atoms with van der Waals surface area (Å²) < 4.78 is 5.24. The number of ether oxygens (including phenoxy) is 1. The van der Waals surface area contributed by atoms with Crippen molar-refractivity contribution in [2.45, 2.75) is 44.6 Å². The Hall–Kier alpha value is -1.71. The van der Waals surface area contributed by atoms with Crippen molar-refractivity contribution in [1.82, 2.24) is 5.32 Å². The van der Waals surface area contributed by atoms with E-state index in [1.165, 1.54) is 24.8 Å². The van der Waals surface area contributed by atoms with Gasteiger partial charge in [0.15, 0.2) is 0 Å². The van der Waals surface area contributed by atoms with Gasteiger partial charge in [-0.15, -0.1) is 0 Å². The first-order chi connectivity index (χ1) is 9.78. The minimum atomic E-state index is 0.0563. The summed E-state index contributed by atoms with van der Waals surface area (Å²) in [5.41, 5.74) is 2.22. The van der Waals surface area contributed by atoms with Crippen LogP contribution < -0.4 is 15.0 Å². The maximum absolute atomic E-state index is 12.4. The Morgan fingerprint density at radius 1 is 1.30 bits per heavy atom. The number of hydrogen-bond donors (Lipinski definition) is 1. The van der Waals surface area contributed by atoms with E-state index >= 15 is 0 Å². The van der Waals surface area contributed by atoms with Crippen LogP contribution in [0.1, 0.15) is 37.7 Å². The highest BCUT2D eigenvalue weighted by Crippen LogP contribution is 2.31. The molecule has 3 rings (SSSR count). The first-order valence-electron chi connectivity index (χ1n) is 7.53. The van der Waals surface area contributed by atoms with Crippen molar-refractivity contribution in [3.8, 4) is 5.75 Å². The number of anilines is 1. The standard InChI is InChI=1S/C16H22N2O2/c1-20-14-7-8-15-12(11-14)9-10-18(15)16(19)17-13-5-3-2-4-6-13/h7-8,11,13H,2-6,9-10H2,1H3,(H,17,19). The Bertz CT molecular complexity index is 495. The summed E-state index contributed by atoms with van der Waals surface area (Å²) in [6, 6.07) is 6.36. The fraction of sp³-hybridized carbons (Fsp3) is 0.562. The first kappa shape index (κ1) is 13.3. The van der Waals surface area contributed by atoms with E-state index in [1.54, 1.807) is 7.11 Å². The number of methoxy groups -OCH3 is 1. The van der Waals surface area contributed by atoms with Gasteiger partial charge in [-0.2, -0.15) is 0 Å². The molecule has 108 valence electrons. The molecule has 4 nitrogen and oxygen atoms in total. The van der Waals surface area contributed by atoms with Crippen molar-refractivity contribution in [2.24, 2.45) is 0 Å². The van der Waals surface area contributed by atoms with E-state index in [2.05, 4.69) is 5.32 Å². The highest BCUT2D eigenvalue weighted by Gasteiger charge is 2.26. The highest BCUT2D eigenvalue weighted by molar-refractivity contribution is 5.94. The third-order valence-corrected chi connectivity index (χ3v) is 4.36. The number of benzene rings is 1. The number of amides is 2. The predicted octanol–water partition coefficient (Wildman–Crippen LogP) is 3.10. The topological polar surface area (TPSA) is 41.6 Å². The van der Waals surface area contributed by atoms with Crippen LogP contribution >= 0.6 is 0 Å². The number of hydrogen-bond acceptors (Lipinski definition) is 2. The van der Waals surface area contributed by atoms with Crippen LogP contribution in [0.25, 0.3) is 0 Å². The monoisotopic (exact) mass is 274 g/mol. The quantitative estimate of drug-likeness (QED) is 0.900. The van der Waals surface area contributed by atoms with Gasteiger partial charge in [0.25, 0.3) is 0 Å². The van der Waals surface area contributed by atoms with Gasteiger partial charge in [-0.25, -0.2) is 4.79 Å². The summed E-state index contributed by atoms with van der Waals surface area (Å²) in [4.78, 5) is 14.3. The zero-order chi connectivity index (χ0) is 13.9. The summed E-state index contributed by atoms with van der Waals surface area (Å²) in [6.45, 7) is 0.765. The molecular formula is C16H22N2O2. The van der Waals surface area contributed by atoms with Crippen molar-refractivity contribution in [2.75, 3.05) is 18.6 Å². The van der Waals surface area contributed by atoms with Crippen molar-refractivity contribution < 1.29 is 9.53 Å². The number of urea groups is 1. The van der Waals surface area contributed by atoms with Gasteiger partial charge < -0.3 is 10.1 Å². The molecule has 0 atom stereocenters. The molecule has 1 aliphatic carbocycles. The van der Waals surface area contributed by atoms with Gasteiger partial charge in [-0.3, -0.25) is 4.90 Å². The molecule has 20 heavy (non-hydrogen) atoms. The summed E-state index contributed by atoms with van der Waals surface area (Å²) >= 11 is 0. The number of fused-ring (bicyclic) bond motifs is 1. The van der Waals surface area contributed by atoms with Gasteiger partial charge in [-0.05, 0) is 43.0 Å². The van der Waals surface area contributed by atoms with Crippen LogP contribution in [0, 0.1) is 0 Å². The summed E-state index contributed by atoms with van der Waals surface area (Å²) in [6.07, 6.45) is 6.92. The van der Waals surface area contributed by atoms with Gasteiger partial charge in [0.1, 0.15) is 5.75 Å². The number of nitrogens with one attached hydrogen (secondary N) is 1. The lowest BCUT2D eigenvalue weighted by atomic mass is 9.96. The molecule has 0 bridgehead atoms. The molecule has 1 aromatic carbocycles. The molecule has 1 heterocycles. The van der Waals surface area contributed by atoms with Gasteiger partial charge in [0, 0.05) is 18.3 Å². The van der Waals surface area contributed by atoms with Gasteiger partial charge >= 0.3 is 6.03 Å². The number of carbonyl (C=O) groups excluding carboxylic acids is 1. The lowest BCUT2D eigenvalue weighted by molar-refractivity contribution is 0.238. The average Bonchev–Trinajstić information content (AvgIpc) is 2.91. The zero-order valence-corrected chi connectivity index (χ0v) is 12.0. The maximum atomic E-state index is 12.4. The Labute approximate surface area is 120 Å². The van der Waals surface area contributed by atoms with Crippen LogP contribution in [0.4, 0.5) is 10.5 Å². The molecular weight excluding hydrogens is 252 g/mol. The molecule has 1 aromatic rings. The molecule has 1 N–H and O–H groups in total. The van der Waals surface area contributed by atoms with E-state index in [0.717, 1.165) is 37.2 Å². The second kappa shape index (κ2) is 5.73. The zero-order valence-electron chi connectivity index (χ0n) is 12.0. The van der Waals surface area contributed by atoms with Crippen LogP contribution in [0.5, 0.6) is 5.75 Å². The smallest absolute Gasteiger partial charge is 0.322 e. The van der Waals surface area contributed by atoms with E-state index in [-0.39, 0.29) is 6.03 Å². The van der Waals surface area contributed by atoms with E-state index in [1.807, 2.05) is 23.1 Å². The molecule has 1 saturated carbocycles. The lowest BCUT2D eigenvalue weighted by Crippen LogP contribution is -2.45. The first-order valence-corrected chi connectivity index (χ1v) is 7.53. The lowest BCUT2D eigenvalue weighted by Gasteiger charge is -2.26. The molecule has 1 fully saturated rings. The number of rotatable bonds is 2. The summed E-state index contributed by atoms with van der Waals surface area (Å²) in [5.74, 6) is 0.860. The van der Waals surface area contributed by atoms with Crippen LogP contribution in [-0.2, 0) is 6.42 Å². The maximum Gasteiger partial charge on any atom is 0.322 e. The Kier molecular flexibility index (Phi) is 3.81. The largest absolute Gasteiger partial charge is 0.497 e. The van der Waals surface area contributed by atoms with Crippen LogP contribution in [0.3, 0.4) is 0 Å². The molecule has 0 spiro atoms. The third kappa shape index (κ3) is 2.60. The predicted molar refractivity (Wildman–Crippen MR) is 79.4 cm³/mol. The summed E-state index contributed by atoms with van der Waals surface area (Å²) in [7, 11) is 1.67. The van der Waals surface area contributed by atoms with Crippen molar-refractivity contribution >= 4 is 11.7 Å². The highest BCUT2D eigenvalue weighted by atomic mass is 16.5. The third-order valence-electron chi connectivity index (χ3n) is 4.36. The molecule has 0 aromatic heterocycles. The molecule has 0 unspecified atom stereocenters. The van der Waals surface area contributed by atoms with E-state index in [0.29, 0.717) is 6.04 Å². The summed E-state index contributed by atoms with van der Waals surface area (Å²) in [5, 5.41) is 3.19. The second-order valence-corrected chi connectivity index (χ2v) is 5.68. The number of carbonyl (C=O) groups is 1. The molecule has 2 aliphatic rings. The van der Waals surface area contributed by atoms with Gasteiger partial charge in [0.05, 0.1) is 7.11 Å². The van der Waals surface area contributed by atoms with Crippen molar-refractivity contribution in [1.29, 1.82) is 0 Å². The van der Waals surface area contributed by atoms with E-state index in [4.69, 9.17) is 4.74 Å². The Morgan fingerprint density at radius 2 is 2.10 bits per heavy atom. The van der Waals surface area contributed by atoms with E-state index < -0.39 is 0 Å². The van der Waals surface area contributed by atoms with E-state index in [9.17, 15) is 4.79 Å². The fourth-order valence-corrected chi connectivity index (χ4v) is 3.22. The van der Waals surface area contributed by atoms with Crippen LogP contribution in [-0.4, -0.2) is 25.7 Å². The molecule has 0 saturated heterocycles. The van der Waals surface area contributed by atoms with Crippen LogP contribution in [0.15, 0.2) is 18.2 Å². The van der Waals surface area contributed by atoms with Crippen molar-refractivity contribution in [3.05, 3.63) is 23.8 Å². The number of nitrogens with zero attached hydrogens (tertiary/aromatic N) is 1. The van der Waals surface area contributed by atoms with Gasteiger partial charge in [0.2, 0.25) is 0 Å². The van der Waals surface area contributed by atoms with Gasteiger partial charge in [-0.1, -0.05) is 19.3 Å². The molecule has 2 amide bonds. The second-order valence-electron chi connectivity index (χ2n) is 5.68. The molecule has 4 heteroatoms. The minimum absolute atomic E-state index is 0.0563. The fourth-order valence-electron chi connectivity index (χ4n) is 3.22.